The summed E-state index contributed by atoms with van der Waals surface area (Å²) in [5, 5.41) is 8.85. The first kappa shape index (κ1) is 13.2. The van der Waals surface area contributed by atoms with Gasteiger partial charge < -0.3 is 15.6 Å². The summed E-state index contributed by atoms with van der Waals surface area (Å²) in [5.74, 6) is -0.0868. The van der Waals surface area contributed by atoms with Gasteiger partial charge in [-0.3, -0.25) is 0 Å². The van der Waals surface area contributed by atoms with Gasteiger partial charge in [0.05, 0.1) is 6.10 Å². The molecule has 1 aromatic rings. The lowest BCUT2D eigenvalue weighted by Crippen LogP contribution is -2.21. The van der Waals surface area contributed by atoms with Crippen molar-refractivity contribution in [2.75, 3.05) is 11.5 Å². The SMILES string of the molecule is Cc1c(N)cccc1SCC1CCC(C(=O)O)O1. The maximum atomic E-state index is 10.8. The number of thioether (sulfide) groups is 1. The fraction of sp³-hybridized carbons (Fsp3) is 0.462. The number of nitrogens with two attached hydrogens (primary N) is 1. The van der Waals surface area contributed by atoms with E-state index in [1.807, 2.05) is 25.1 Å². The molecule has 3 N–H and O–H groups in total. The molecule has 98 valence electrons. The monoisotopic (exact) mass is 267 g/mol. The molecular formula is C13H17NO3S. The highest BCUT2D eigenvalue weighted by Crippen LogP contribution is 2.30. The number of nitrogen functional groups attached to an aromatic ring is 1. The van der Waals surface area contributed by atoms with Gasteiger partial charge in [-0.25, -0.2) is 4.79 Å². The fourth-order valence-electron chi connectivity index (χ4n) is 1.98. The predicted octanol–water partition coefficient (Wildman–Crippen LogP) is 2.30. The molecule has 2 rings (SSSR count). The number of carbonyl (C=O) groups is 1. The van der Waals surface area contributed by atoms with Crippen LogP contribution in [0.15, 0.2) is 23.1 Å². The number of hydrogen-bond donors (Lipinski definition) is 2. The first-order valence-corrected chi connectivity index (χ1v) is 6.92. The van der Waals surface area contributed by atoms with Crippen molar-refractivity contribution < 1.29 is 14.6 Å². The molecule has 0 saturated carbocycles. The summed E-state index contributed by atoms with van der Waals surface area (Å²) in [6.07, 6.45) is 0.816. The summed E-state index contributed by atoms with van der Waals surface area (Å²) in [7, 11) is 0. The molecule has 0 bridgehead atoms. The number of benzene rings is 1. The highest BCUT2D eigenvalue weighted by molar-refractivity contribution is 7.99. The Morgan fingerprint density at radius 3 is 3.00 bits per heavy atom. The number of carboxylic acid groups (broad SMARTS) is 1. The number of aliphatic carboxylic acids is 1. The van der Waals surface area contributed by atoms with Gasteiger partial charge in [-0.05, 0) is 37.5 Å². The highest BCUT2D eigenvalue weighted by Gasteiger charge is 2.30. The van der Waals surface area contributed by atoms with Crippen molar-refractivity contribution in [2.45, 2.75) is 36.9 Å². The van der Waals surface area contributed by atoms with Gasteiger partial charge in [0.2, 0.25) is 0 Å². The van der Waals surface area contributed by atoms with E-state index < -0.39 is 12.1 Å². The van der Waals surface area contributed by atoms with Crippen LogP contribution in [0.4, 0.5) is 5.69 Å². The largest absolute Gasteiger partial charge is 0.479 e. The van der Waals surface area contributed by atoms with E-state index in [-0.39, 0.29) is 6.10 Å². The average Bonchev–Trinajstić information content (AvgIpc) is 2.80. The summed E-state index contributed by atoms with van der Waals surface area (Å²) in [6.45, 7) is 1.99. The molecule has 0 spiro atoms. The van der Waals surface area contributed by atoms with Gasteiger partial charge in [0.1, 0.15) is 0 Å². The van der Waals surface area contributed by atoms with Crippen molar-refractivity contribution in [2.24, 2.45) is 0 Å². The number of ether oxygens (including phenoxy) is 1. The van der Waals surface area contributed by atoms with Crippen LogP contribution in [0.1, 0.15) is 18.4 Å². The van der Waals surface area contributed by atoms with E-state index in [1.165, 1.54) is 0 Å². The van der Waals surface area contributed by atoms with E-state index in [4.69, 9.17) is 15.6 Å². The second-order valence-electron chi connectivity index (χ2n) is 4.44. The summed E-state index contributed by atoms with van der Waals surface area (Å²) in [4.78, 5) is 11.9. The highest BCUT2D eigenvalue weighted by atomic mass is 32.2. The lowest BCUT2D eigenvalue weighted by Gasteiger charge is -2.12. The summed E-state index contributed by atoms with van der Waals surface area (Å²) in [6, 6.07) is 5.84. The Bertz CT molecular complexity index is 450. The van der Waals surface area contributed by atoms with Crippen molar-refractivity contribution in [3.63, 3.8) is 0 Å². The van der Waals surface area contributed by atoms with Gasteiger partial charge in [-0.1, -0.05) is 6.07 Å². The molecule has 1 saturated heterocycles. The summed E-state index contributed by atoms with van der Waals surface area (Å²) < 4.78 is 5.46. The Hall–Kier alpha value is -1.20. The first-order chi connectivity index (χ1) is 8.58. The zero-order valence-electron chi connectivity index (χ0n) is 10.3. The van der Waals surface area contributed by atoms with E-state index in [1.54, 1.807) is 11.8 Å². The molecule has 18 heavy (non-hydrogen) atoms. The molecule has 1 aliphatic heterocycles. The number of hydrogen-bond acceptors (Lipinski definition) is 4. The Morgan fingerprint density at radius 1 is 1.56 bits per heavy atom. The Kier molecular flexibility index (Phi) is 4.14. The van der Waals surface area contributed by atoms with Crippen molar-refractivity contribution in [3.8, 4) is 0 Å². The fourth-order valence-corrected chi connectivity index (χ4v) is 3.10. The number of rotatable bonds is 4. The Morgan fingerprint density at radius 2 is 2.33 bits per heavy atom. The van der Waals surface area contributed by atoms with Crippen LogP contribution in [0, 0.1) is 6.92 Å². The maximum absolute atomic E-state index is 10.8. The molecule has 1 heterocycles. The smallest absolute Gasteiger partial charge is 0.332 e. The molecule has 0 aliphatic carbocycles. The molecule has 1 aromatic carbocycles. The van der Waals surface area contributed by atoms with Crippen LogP contribution >= 0.6 is 11.8 Å². The Balaban J connectivity index is 1.89. The van der Waals surface area contributed by atoms with Crippen LogP contribution in [0.5, 0.6) is 0 Å². The van der Waals surface area contributed by atoms with Crippen molar-refractivity contribution in [3.05, 3.63) is 23.8 Å². The molecule has 1 aliphatic rings. The van der Waals surface area contributed by atoms with Gasteiger partial charge in [0, 0.05) is 16.3 Å². The van der Waals surface area contributed by atoms with E-state index in [9.17, 15) is 4.79 Å². The van der Waals surface area contributed by atoms with Crippen LogP contribution in [0.25, 0.3) is 0 Å². The quantitative estimate of drug-likeness (QED) is 0.647. The minimum Gasteiger partial charge on any atom is -0.479 e. The zero-order chi connectivity index (χ0) is 13.1. The predicted molar refractivity (Wildman–Crippen MR) is 71.8 cm³/mol. The molecule has 4 nitrogen and oxygen atoms in total. The number of anilines is 1. The van der Waals surface area contributed by atoms with E-state index in [0.29, 0.717) is 6.42 Å². The maximum Gasteiger partial charge on any atom is 0.332 e. The topological polar surface area (TPSA) is 72.6 Å². The lowest BCUT2D eigenvalue weighted by atomic mass is 10.2. The van der Waals surface area contributed by atoms with Crippen molar-refractivity contribution in [1.29, 1.82) is 0 Å². The normalized spacial score (nSPS) is 23.2. The van der Waals surface area contributed by atoms with E-state index in [0.717, 1.165) is 28.3 Å². The second-order valence-corrected chi connectivity index (χ2v) is 5.51. The minimum atomic E-state index is -0.859. The molecule has 2 unspecified atom stereocenters. The molecule has 0 amide bonds. The van der Waals surface area contributed by atoms with Gasteiger partial charge >= 0.3 is 5.97 Å². The minimum absolute atomic E-state index is 0.0249. The van der Waals surface area contributed by atoms with E-state index >= 15 is 0 Å². The molecule has 0 radical (unpaired) electrons. The average molecular weight is 267 g/mol. The molecule has 2 atom stereocenters. The summed E-state index contributed by atoms with van der Waals surface area (Å²) in [5.41, 5.74) is 7.71. The first-order valence-electron chi connectivity index (χ1n) is 5.94. The molecule has 0 aromatic heterocycles. The summed E-state index contributed by atoms with van der Waals surface area (Å²) >= 11 is 1.67. The van der Waals surface area contributed by atoms with Gasteiger partial charge in [0.25, 0.3) is 0 Å². The third-order valence-corrected chi connectivity index (χ3v) is 4.43. The molecular weight excluding hydrogens is 250 g/mol. The standard InChI is InChI=1S/C13H17NO3S/c1-8-10(14)3-2-4-12(8)18-7-9-5-6-11(17-9)13(15)16/h2-4,9,11H,5-7,14H2,1H3,(H,15,16). The van der Waals surface area contributed by atoms with Crippen LogP contribution in [0.3, 0.4) is 0 Å². The van der Waals surface area contributed by atoms with Gasteiger partial charge in [-0.15, -0.1) is 11.8 Å². The van der Waals surface area contributed by atoms with Crippen molar-refractivity contribution >= 4 is 23.4 Å². The molecule has 5 heteroatoms. The van der Waals surface area contributed by atoms with Gasteiger partial charge in [0.15, 0.2) is 6.10 Å². The molecule has 1 fully saturated rings. The third kappa shape index (κ3) is 2.97. The van der Waals surface area contributed by atoms with Crippen LogP contribution in [0.2, 0.25) is 0 Å². The van der Waals surface area contributed by atoms with Crippen LogP contribution in [-0.4, -0.2) is 29.0 Å². The van der Waals surface area contributed by atoms with E-state index in [2.05, 4.69) is 0 Å². The van der Waals surface area contributed by atoms with Crippen molar-refractivity contribution in [1.82, 2.24) is 0 Å². The van der Waals surface area contributed by atoms with Crippen LogP contribution in [-0.2, 0) is 9.53 Å². The zero-order valence-corrected chi connectivity index (χ0v) is 11.1. The third-order valence-electron chi connectivity index (χ3n) is 3.13. The number of carboxylic acids is 1. The van der Waals surface area contributed by atoms with Gasteiger partial charge in [-0.2, -0.15) is 0 Å². The second kappa shape index (κ2) is 5.63. The Labute approximate surface area is 111 Å². The van der Waals surface area contributed by atoms with Crippen LogP contribution < -0.4 is 5.73 Å². The lowest BCUT2D eigenvalue weighted by molar-refractivity contribution is -0.148.